The molecule has 1 aliphatic heterocycles. The molecule has 2 N–H and O–H groups in total. The molecule has 1 amide bonds. The molecule has 1 saturated heterocycles. The Hall–Kier alpha value is -2.73. The van der Waals surface area contributed by atoms with E-state index < -0.39 is 0 Å². The molecule has 0 aliphatic carbocycles. The van der Waals surface area contributed by atoms with Crippen molar-refractivity contribution in [3.63, 3.8) is 0 Å². The minimum atomic E-state index is 0.133. The minimum Gasteiger partial charge on any atom is -0.508 e. The monoisotopic (exact) mass is 428 g/mol. The Kier molecular flexibility index (Phi) is 7.97. The van der Waals surface area contributed by atoms with Gasteiger partial charge >= 0.3 is 0 Å². The predicted molar refractivity (Wildman–Crippen MR) is 121 cm³/mol. The van der Waals surface area contributed by atoms with Gasteiger partial charge in [-0.2, -0.15) is 0 Å². The van der Waals surface area contributed by atoms with E-state index in [9.17, 15) is 9.90 Å². The van der Waals surface area contributed by atoms with E-state index in [0.29, 0.717) is 30.3 Å². The second kappa shape index (κ2) is 10.9. The van der Waals surface area contributed by atoms with Gasteiger partial charge in [0.15, 0.2) is 5.96 Å². The van der Waals surface area contributed by atoms with Crippen LogP contribution in [0.25, 0.3) is 0 Å². The number of halogens is 1. The lowest BCUT2D eigenvalue weighted by Gasteiger charge is -2.36. The molecule has 0 radical (unpaired) electrons. The fourth-order valence-corrected chi connectivity index (χ4v) is 3.80. The van der Waals surface area contributed by atoms with Crippen LogP contribution in [0.15, 0.2) is 53.5 Å². The molecule has 0 saturated carbocycles. The number of carbonyl (C=O) groups excluding carboxylic acids is 1. The van der Waals surface area contributed by atoms with Gasteiger partial charge in [-0.15, -0.1) is 0 Å². The van der Waals surface area contributed by atoms with Gasteiger partial charge in [0, 0.05) is 44.8 Å². The molecule has 2 aromatic rings. The molecule has 0 aromatic heterocycles. The summed E-state index contributed by atoms with van der Waals surface area (Å²) in [6, 6.07) is 14.8. The molecule has 160 valence electrons. The molecule has 0 spiro atoms. The Morgan fingerprint density at radius 1 is 1.07 bits per heavy atom. The van der Waals surface area contributed by atoms with E-state index in [1.807, 2.05) is 41.3 Å². The van der Waals surface area contributed by atoms with Crippen molar-refractivity contribution < 1.29 is 9.90 Å². The van der Waals surface area contributed by atoms with Gasteiger partial charge in [0.2, 0.25) is 5.91 Å². The number of piperazine rings is 1. The van der Waals surface area contributed by atoms with Crippen molar-refractivity contribution in [2.75, 3.05) is 39.8 Å². The summed E-state index contributed by atoms with van der Waals surface area (Å²) in [6.45, 7) is 3.72. The summed E-state index contributed by atoms with van der Waals surface area (Å²) in [5, 5.41) is 13.4. The van der Waals surface area contributed by atoms with Crippen LogP contribution in [0.4, 0.5) is 0 Å². The van der Waals surface area contributed by atoms with Crippen LogP contribution in [-0.4, -0.2) is 66.5 Å². The highest BCUT2D eigenvalue weighted by Gasteiger charge is 2.23. The van der Waals surface area contributed by atoms with Crippen molar-refractivity contribution in [3.05, 3.63) is 64.7 Å². The summed E-state index contributed by atoms with van der Waals surface area (Å²) < 4.78 is 0. The molecular weight excluding hydrogens is 400 g/mol. The zero-order valence-corrected chi connectivity index (χ0v) is 18.1. The number of aryl methyl sites for hydroxylation is 1. The smallest absolute Gasteiger partial charge is 0.227 e. The van der Waals surface area contributed by atoms with Crippen LogP contribution in [0.2, 0.25) is 5.02 Å². The molecule has 6 nitrogen and oxygen atoms in total. The van der Waals surface area contributed by atoms with Gasteiger partial charge in [0.25, 0.3) is 0 Å². The molecule has 2 aromatic carbocycles. The lowest BCUT2D eigenvalue weighted by atomic mass is 10.1. The molecule has 7 heteroatoms. The maximum Gasteiger partial charge on any atom is 0.227 e. The molecule has 1 heterocycles. The predicted octanol–water partition coefficient (Wildman–Crippen LogP) is 2.94. The topological polar surface area (TPSA) is 68.2 Å². The average Bonchev–Trinajstić information content (AvgIpc) is 2.75. The van der Waals surface area contributed by atoms with Crippen LogP contribution in [0, 0.1) is 0 Å². The molecule has 1 fully saturated rings. The van der Waals surface area contributed by atoms with Crippen LogP contribution >= 0.6 is 11.6 Å². The second-order valence-electron chi connectivity index (χ2n) is 7.42. The van der Waals surface area contributed by atoms with Gasteiger partial charge in [-0.25, -0.2) is 0 Å². The summed E-state index contributed by atoms with van der Waals surface area (Å²) in [5.74, 6) is 1.30. The molecule has 0 atom stereocenters. The standard InChI is InChI=1S/C23H29ClN4O2/c1-25-23(26-11-3-5-18-7-9-21(29)10-8-18)28-14-12-27(13-15-28)22(30)17-19-4-2-6-20(24)16-19/h2,4,6-10,16,29H,3,5,11-15,17H2,1H3,(H,25,26). The Morgan fingerprint density at radius 3 is 2.43 bits per heavy atom. The molecule has 3 rings (SSSR count). The third-order valence-corrected chi connectivity index (χ3v) is 5.48. The van der Waals surface area contributed by atoms with Crippen LogP contribution in [0.3, 0.4) is 0 Å². The van der Waals surface area contributed by atoms with Gasteiger partial charge in [-0.05, 0) is 48.2 Å². The number of hydrogen-bond acceptors (Lipinski definition) is 3. The van der Waals surface area contributed by atoms with Gasteiger partial charge in [0.1, 0.15) is 5.75 Å². The maximum atomic E-state index is 12.6. The summed E-state index contributed by atoms with van der Waals surface area (Å²) in [6.07, 6.45) is 2.29. The van der Waals surface area contributed by atoms with Crippen molar-refractivity contribution in [2.24, 2.45) is 4.99 Å². The van der Waals surface area contributed by atoms with E-state index >= 15 is 0 Å². The highest BCUT2D eigenvalue weighted by atomic mass is 35.5. The molecule has 1 aliphatic rings. The van der Waals surface area contributed by atoms with Crippen LogP contribution in [-0.2, 0) is 17.6 Å². The number of amides is 1. The highest BCUT2D eigenvalue weighted by Crippen LogP contribution is 2.13. The van der Waals surface area contributed by atoms with Gasteiger partial charge in [-0.1, -0.05) is 35.9 Å². The molecule has 30 heavy (non-hydrogen) atoms. The van der Waals surface area contributed by atoms with Crippen LogP contribution in [0.1, 0.15) is 17.5 Å². The van der Waals surface area contributed by atoms with E-state index in [1.165, 1.54) is 5.56 Å². The van der Waals surface area contributed by atoms with E-state index in [0.717, 1.165) is 44.0 Å². The highest BCUT2D eigenvalue weighted by molar-refractivity contribution is 6.30. The summed E-state index contributed by atoms with van der Waals surface area (Å²) in [4.78, 5) is 21.1. The van der Waals surface area contributed by atoms with Gasteiger partial charge in [0.05, 0.1) is 6.42 Å². The fraction of sp³-hybridized carbons (Fsp3) is 0.391. The Balaban J connectivity index is 1.40. The Morgan fingerprint density at radius 2 is 1.77 bits per heavy atom. The third kappa shape index (κ3) is 6.39. The third-order valence-electron chi connectivity index (χ3n) is 5.25. The number of benzene rings is 2. The Bertz CT molecular complexity index is 862. The number of carbonyl (C=O) groups is 1. The van der Waals surface area contributed by atoms with E-state index in [4.69, 9.17) is 11.6 Å². The van der Waals surface area contributed by atoms with Crippen molar-refractivity contribution in [2.45, 2.75) is 19.3 Å². The normalized spacial score (nSPS) is 14.7. The van der Waals surface area contributed by atoms with Crippen molar-refractivity contribution in [1.29, 1.82) is 0 Å². The molecule has 0 unspecified atom stereocenters. The maximum absolute atomic E-state index is 12.6. The number of guanidine groups is 1. The van der Waals surface area contributed by atoms with Crippen molar-refractivity contribution >= 4 is 23.5 Å². The zero-order valence-electron chi connectivity index (χ0n) is 17.4. The molecular formula is C23H29ClN4O2. The Labute approximate surface area is 183 Å². The van der Waals surface area contributed by atoms with E-state index in [2.05, 4.69) is 15.2 Å². The quantitative estimate of drug-likeness (QED) is 0.421. The van der Waals surface area contributed by atoms with Crippen LogP contribution in [0.5, 0.6) is 5.75 Å². The first-order valence-electron chi connectivity index (χ1n) is 10.3. The van der Waals surface area contributed by atoms with Crippen LogP contribution < -0.4 is 5.32 Å². The number of phenolic OH excluding ortho intramolecular Hbond substituents is 1. The second-order valence-corrected chi connectivity index (χ2v) is 7.85. The number of rotatable bonds is 6. The largest absolute Gasteiger partial charge is 0.508 e. The first-order valence-corrected chi connectivity index (χ1v) is 10.7. The van der Waals surface area contributed by atoms with Gasteiger partial charge < -0.3 is 20.2 Å². The number of hydrogen-bond donors (Lipinski definition) is 2. The number of nitrogens with zero attached hydrogens (tertiary/aromatic N) is 3. The SMILES string of the molecule is CN=C(NCCCc1ccc(O)cc1)N1CCN(C(=O)Cc2cccc(Cl)c2)CC1. The van der Waals surface area contributed by atoms with Crippen molar-refractivity contribution in [3.8, 4) is 5.75 Å². The number of aromatic hydroxyl groups is 1. The first-order chi connectivity index (χ1) is 14.5. The fourth-order valence-electron chi connectivity index (χ4n) is 3.59. The number of aliphatic imine (C=N–C) groups is 1. The molecule has 0 bridgehead atoms. The summed E-state index contributed by atoms with van der Waals surface area (Å²) in [5.41, 5.74) is 2.15. The summed E-state index contributed by atoms with van der Waals surface area (Å²) in [7, 11) is 1.79. The lowest BCUT2D eigenvalue weighted by Crippen LogP contribution is -2.54. The summed E-state index contributed by atoms with van der Waals surface area (Å²) >= 11 is 6.02. The number of nitrogens with one attached hydrogen (secondary N) is 1. The van der Waals surface area contributed by atoms with E-state index in [1.54, 1.807) is 19.2 Å². The lowest BCUT2D eigenvalue weighted by molar-refractivity contribution is -0.131. The first kappa shape index (κ1) is 22.0. The average molecular weight is 429 g/mol. The van der Waals surface area contributed by atoms with Crippen molar-refractivity contribution in [1.82, 2.24) is 15.1 Å². The minimum absolute atomic E-state index is 0.133. The zero-order chi connectivity index (χ0) is 21.3. The number of phenols is 1. The van der Waals surface area contributed by atoms with Gasteiger partial charge in [-0.3, -0.25) is 9.79 Å². The van der Waals surface area contributed by atoms with E-state index in [-0.39, 0.29) is 5.91 Å².